The predicted molar refractivity (Wildman–Crippen MR) is 95.9 cm³/mol. The molecule has 0 amide bonds. The number of hydrogen-bond donors (Lipinski definition) is 1. The van der Waals surface area contributed by atoms with Gasteiger partial charge in [-0.2, -0.15) is 0 Å². The molecule has 0 atom stereocenters. The van der Waals surface area contributed by atoms with E-state index in [1.807, 2.05) is 0 Å². The van der Waals surface area contributed by atoms with E-state index in [4.69, 9.17) is 4.74 Å². The smallest absolute Gasteiger partial charge is 0.265 e. The Morgan fingerprint density at radius 1 is 0.960 bits per heavy atom. The van der Waals surface area contributed by atoms with Crippen molar-refractivity contribution < 1.29 is 21.6 Å². The molecular formula is C16H20N2O5S2. The summed E-state index contributed by atoms with van der Waals surface area (Å²) in [5.74, 6) is 0.227. The molecule has 2 aromatic rings. The number of benzene rings is 2. The van der Waals surface area contributed by atoms with Crippen LogP contribution in [-0.4, -0.2) is 42.3 Å². The highest BCUT2D eigenvalue weighted by Gasteiger charge is 2.21. The van der Waals surface area contributed by atoms with Crippen LogP contribution in [0.3, 0.4) is 0 Å². The van der Waals surface area contributed by atoms with Crippen LogP contribution in [-0.2, 0) is 20.0 Å². The molecule has 25 heavy (non-hydrogen) atoms. The van der Waals surface area contributed by atoms with Crippen molar-refractivity contribution in [2.45, 2.75) is 16.7 Å². The van der Waals surface area contributed by atoms with Crippen LogP contribution in [0.2, 0.25) is 0 Å². The molecule has 0 saturated heterocycles. The zero-order valence-electron chi connectivity index (χ0n) is 14.3. The van der Waals surface area contributed by atoms with E-state index in [2.05, 4.69) is 4.72 Å². The van der Waals surface area contributed by atoms with Gasteiger partial charge in [-0.25, -0.2) is 21.1 Å². The number of nitrogens with one attached hydrogen (secondary N) is 1. The molecule has 2 aromatic carbocycles. The van der Waals surface area contributed by atoms with Gasteiger partial charge in [0, 0.05) is 19.8 Å². The van der Waals surface area contributed by atoms with Crippen LogP contribution in [0.4, 0.5) is 5.69 Å². The summed E-state index contributed by atoms with van der Waals surface area (Å²) in [5.41, 5.74) is 1.02. The van der Waals surface area contributed by atoms with E-state index in [9.17, 15) is 16.8 Å². The highest BCUT2D eigenvalue weighted by molar-refractivity contribution is 7.92. The Morgan fingerprint density at radius 2 is 1.56 bits per heavy atom. The SMILES string of the molecule is COc1ccc(C)cc1S(=O)(=O)Nc1ccc(S(=O)(=O)N(C)C)cc1. The summed E-state index contributed by atoms with van der Waals surface area (Å²) in [6.45, 7) is 1.78. The molecule has 0 unspecified atom stereocenters. The first kappa shape index (κ1) is 19.2. The highest BCUT2D eigenvalue weighted by Crippen LogP contribution is 2.27. The molecule has 0 heterocycles. The number of ether oxygens (including phenoxy) is 1. The number of aryl methyl sites for hydroxylation is 1. The van der Waals surface area contributed by atoms with E-state index in [0.717, 1.165) is 9.87 Å². The minimum atomic E-state index is -3.88. The van der Waals surface area contributed by atoms with Crippen molar-refractivity contribution in [3.63, 3.8) is 0 Å². The zero-order valence-corrected chi connectivity index (χ0v) is 16.0. The first-order chi connectivity index (χ1) is 11.6. The third kappa shape index (κ3) is 4.12. The number of hydrogen-bond acceptors (Lipinski definition) is 5. The van der Waals surface area contributed by atoms with Gasteiger partial charge < -0.3 is 4.74 Å². The van der Waals surface area contributed by atoms with Gasteiger partial charge in [0.1, 0.15) is 10.6 Å². The van der Waals surface area contributed by atoms with Crippen LogP contribution in [0, 0.1) is 6.92 Å². The molecule has 9 heteroatoms. The molecule has 0 saturated carbocycles. The average Bonchev–Trinajstić information content (AvgIpc) is 2.54. The number of sulfonamides is 2. The van der Waals surface area contributed by atoms with Crippen molar-refractivity contribution in [3.05, 3.63) is 48.0 Å². The van der Waals surface area contributed by atoms with Crippen molar-refractivity contribution in [1.29, 1.82) is 0 Å². The number of anilines is 1. The quantitative estimate of drug-likeness (QED) is 0.823. The fourth-order valence-corrected chi connectivity index (χ4v) is 4.33. The van der Waals surface area contributed by atoms with Crippen molar-refractivity contribution in [2.75, 3.05) is 25.9 Å². The lowest BCUT2D eigenvalue weighted by Gasteiger charge is -2.14. The molecule has 0 fully saturated rings. The van der Waals surface area contributed by atoms with Crippen LogP contribution in [0.25, 0.3) is 0 Å². The molecule has 0 radical (unpaired) electrons. The van der Waals surface area contributed by atoms with Gasteiger partial charge in [0.15, 0.2) is 0 Å². The molecule has 2 rings (SSSR count). The Hall–Kier alpha value is -2.10. The lowest BCUT2D eigenvalue weighted by Crippen LogP contribution is -2.22. The zero-order chi connectivity index (χ0) is 18.8. The van der Waals surface area contributed by atoms with Gasteiger partial charge in [-0.3, -0.25) is 4.72 Å². The van der Waals surface area contributed by atoms with E-state index < -0.39 is 20.0 Å². The summed E-state index contributed by atoms with van der Waals surface area (Å²) in [6, 6.07) is 10.3. The topological polar surface area (TPSA) is 92.8 Å². The summed E-state index contributed by atoms with van der Waals surface area (Å²) in [6.07, 6.45) is 0. The first-order valence-corrected chi connectivity index (χ1v) is 10.2. The summed E-state index contributed by atoms with van der Waals surface area (Å²) >= 11 is 0. The summed E-state index contributed by atoms with van der Waals surface area (Å²) in [5, 5.41) is 0. The second-order valence-electron chi connectivity index (χ2n) is 5.57. The first-order valence-electron chi connectivity index (χ1n) is 7.28. The third-order valence-electron chi connectivity index (χ3n) is 3.49. The molecule has 0 aromatic heterocycles. The summed E-state index contributed by atoms with van der Waals surface area (Å²) in [7, 11) is -3.20. The lowest BCUT2D eigenvalue weighted by molar-refractivity contribution is 0.402. The fourth-order valence-electron chi connectivity index (χ4n) is 2.11. The van der Waals surface area contributed by atoms with Crippen molar-refractivity contribution >= 4 is 25.7 Å². The van der Waals surface area contributed by atoms with E-state index in [0.29, 0.717) is 0 Å². The molecule has 0 aliphatic carbocycles. The second-order valence-corrected chi connectivity index (χ2v) is 9.37. The molecule has 136 valence electrons. The molecule has 0 aliphatic heterocycles. The number of rotatable bonds is 6. The van der Waals surface area contributed by atoms with Crippen molar-refractivity contribution in [1.82, 2.24) is 4.31 Å². The van der Waals surface area contributed by atoms with Gasteiger partial charge in [-0.15, -0.1) is 0 Å². The van der Waals surface area contributed by atoms with Crippen LogP contribution >= 0.6 is 0 Å². The monoisotopic (exact) mass is 384 g/mol. The van der Waals surface area contributed by atoms with E-state index in [1.165, 1.54) is 51.5 Å². The Kier molecular flexibility index (Phi) is 5.40. The van der Waals surface area contributed by atoms with Crippen LogP contribution < -0.4 is 9.46 Å². The van der Waals surface area contributed by atoms with Crippen LogP contribution in [0.5, 0.6) is 5.75 Å². The predicted octanol–water partition coefficient (Wildman–Crippen LogP) is 2.05. The molecule has 1 N–H and O–H groups in total. The average molecular weight is 384 g/mol. The van der Waals surface area contributed by atoms with Gasteiger partial charge in [0.25, 0.3) is 10.0 Å². The van der Waals surface area contributed by atoms with E-state index in [-0.39, 0.29) is 21.2 Å². The van der Waals surface area contributed by atoms with Crippen molar-refractivity contribution in [3.8, 4) is 5.75 Å². The maximum Gasteiger partial charge on any atom is 0.265 e. The van der Waals surface area contributed by atoms with Gasteiger partial charge >= 0.3 is 0 Å². The highest BCUT2D eigenvalue weighted by atomic mass is 32.2. The van der Waals surface area contributed by atoms with E-state index >= 15 is 0 Å². The molecule has 7 nitrogen and oxygen atoms in total. The fraction of sp³-hybridized carbons (Fsp3) is 0.250. The minimum absolute atomic E-state index is 0.0139. The molecule has 0 spiro atoms. The lowest BCUT2D eigenvalue weighted by atomic mass is 10.2. The second kappa shape index (κ2) is 7.03. The molecular weight excluding hydrogens is 364 g/mol. The maximum absolute atomic E-state index is 12.6. The van der Waals surface area contributed by atoms with Gasteiger partial charge in [0.05, 0.1) is 12.0 Å². The van der Waals surface area contributed by atoms with Crippen LogP contribution in [0.1, 0.15) is 5.56 Å². The molecule has 0 bridgehead atoms. The van der Waals surface area contributed by atoms with Crippen LogP contribution in [0.15, 0.2) is 52.3 Å². The molecule has 0 aliphatic rings. The summed E-state index contributed by atoms with van der Waals surface area (Å²) in [4.78, 5) is 0.0913. The van der Waals surface area contributed by atoms with Gasteiger partial charge in [-0.05, 0) is 48.9 Å². The number of methoxy groups -OCH3 is 1. The van der Waals surface area contributed by atoms with Gasteiger partial charge in [-0.1, -0.05) is 6.07 Å². The normalized spacial score (nSPS) is 12.2. The Balaban J connectivity index is 2.35. The third-order valence-corrected chi connectivity index (χ3v) is 6.73. The standard InChI is InChI=1S/C16H20N2O5S2/c1-12-5-10-15(23-4)16(11-12)24(19,20)17-13-6-8-14(9-7-13)25(21,22)18(2)3/h5-11,17H,1-4H3. The van der Waals surface area contributed by atoms with E-state index in [1.54, 1.807) is 19.1 Å². The number of nitrogens with zero attached hydrogens (tertiary/aromatic N) is 1. The maximum atomic E-state index is 12.6. The largest absolute Gasteiger partial charge is 0.495 e. The minimum Gasteiger partial charge on any atom is -0.495 e. The van der Waals surface area contributed by atoms with Gasteiger partial charge in [0.2, 0.25) is 10.0 Å². The van der Waals surface area contributed by atoms with Crippen molar-refractivity contribution in [2.24, 2.45) is 0 Å². The summed E-state index contributed by atoms with van der Waals surface area (Å²) < 4.78 is 57.9. The Bertz CT molecular complexity index is 966. The Morgan fingerprint density at radius 3 is 2.08 bits per heavy atom. The Labute approximate surface area is 148 Å².